The zero-order chi connectivity index (χ0) is 17.9. The van der Waals surface area contributed by atoms with Crippen molar-refractivity contribution in [1.29, 1.82) is 0 Å². The number of fused-ring (bicyclic) bond motifs is 1. The molecule has 0 bridgehead atoms. The normalized spacial score (nSPS) is 23.5. The molecular formula is C21H28N4O. The van der Waals surface area contributed by atoms with Crippen molar-refractivity contribution >= 4 is 6.03 Å². The number of urea groups is 1. The minimum atomic E-state index is 0.0890. The average molecular weight is 352 g/mol. The summed E-state index contributed by atoms with van der Waals surface area (Å²) in [5.74, 6) is 0. The third kappa shape index (κ3) is 3.78. The Labute approximate surface area is 155 Å². The molecule has 2 aliphatic rings. The molecule has 26 heavy (non-hydrogen) atoms. The topological polar surface area (TPSA) is 40.5 Å². The summed E-state index contributed by atoms with van der Waals surface area (Å²) < 4.78 is 2.23. The number of hydrogen-bond acceptors (Lipinski definition) is 2. The predicted molar refractivity (Wildman–Crippen MR) is 103 cm³/mol. The van der Waals surface area contributed by atoms with Crippen LogP contribution in [-0.4, -0.2) is 45.6 Å². The Kier molecular flexibility index (Phi) is 4.98. The first-order chi connectivity index (χ1) is 12.7. The molecule has 5 nitrogen and oxygen atoms in total. The minimum absolute atomic E-state index is 0.0890. The molecule has 2 atom stereocenters. The fourth-order valence-corrected chi connectivity index (χ4v) is 4.16. The minimum Gasteiger partial charge on any atom is -0.348 e. The average Bonchev–Trinajstić information content (AvgIpc) is 3.12. The molecule has 2 aromatic rings. The van der Waals surface area contributed by atoms with Crippen LogP contribution >= 0.6 is 0 Å². The fourth-order valence-electron chi connectivity index (χ4n) is 4.16. The van der Waals surface area contributed by atoms with Gasteiger partial charge in [0.25, 0.3) is 0 Å². The van der Waals surface area contributed by atoms with Crippen LogP contribution in [-0.2, 0) is 19.6 Å². The number of carbonyl (C=O) groups excluding carboxylic acids is 1. The van der Waals surface area contributed by atoms with Crippen LogP contribution in [0.25, 0.3) is 0 Å². The number of nitrogens with zero attached hydrogens (tertiary/aromatic N) is 3. The summed E-state index contributed by atoms with van der Waals surface area (Å²) in [6.07, 6.45) is 4.13. The van der Waals surface area contributed by atoms with E-state index < -0.39 is 0 Å². The van der Waals surface area contributed by atoms with Crippen LogP contribution < -0.4 is 5.32 Å². The van der Waals surface area contributed by atoms with Crippen LogP contribution in [0.3, 0.4) is 0 Å². The molecule has 1 aromatic carbocycles. The SMILES string of the molecule is CC1CC(NC(=O)N2CCn3cccc3C2)CCN1Cc1ccccc1. The number of aromatic nitrogens is 1. The second-order valence-electron chi connectivity index (χ2n) is 7.59. The lowest BCUT2D eigenvalue weighted by molar-refractivity contribution is 0.123. The third-order valence-corrected chi connectivity index (χ3v) is 5.74. The van der Waals surface area contributed by atoms with E-state index in [1.54, 1.807) is 0 Å². The first-order valence-corrected chi connectivity index (χ1v) is 9.66. The van der Waals surface area contributed by atoms with Gasteiger partial charge in [0.1, 0.15) is 0 Å². The maximum absolute atomic E-state index is 12.7. The van der Waals surface area contributed by atoms with Crippen LogP contribution in [0, 0.1) is 0 Å². The molecule has 1 aromatic heterocycles. The lowest BCUT2D eigenvalue weighted by Gasteiger charge is -2.39. The second-order valence-corrected chi connectivity index (χ2v) is 7.59. The number of benzene rings is 1. The van der Waals surface area contributed by atoms with Gasteiger partial charge in [0, 0.05) is 50.2 Å². The van der Waals surface area contributed by atoms with E-state index in [-0.39, 0.29) is 12.1 Å². The number of nitrogens with one attached hydrogen (secondary N) is 1. The highest BCUT2D eigenvalue weighted by Crippen LogP contribution is 2.21. The number of piperidine rings is 1. The van der Waals surface area contributed by atoms with Gasteiger partial charge in [-0.2, -0.15) is 0 Å². The first kappa shape index (κ1) is 17.2. The van der Waals surface area contributed by atoms with Crippen LogP contribution in [0.2, 0.25) is 0 Å². The Hall–Kier alpha value is -2.27. The number of carbonyl (C=O) groups is 1. The van der Waals surface area contributed by atoms with Crippen molar-refractivity contribution < 1.29 is 4.79 Å². The highest BCUT2D eigenvalue weighted by molar-refractivity contribution is 5.74. The molecule has 3 heterocycles. The molecule has 1 fully saturated rings. The molecule has 2 unspecified atom stereocenters. The van der Waals surface area contributed by atoms with E-state index in [0.29, 0.717) is 12.6 Å². The van der Waals surface area contributed by atoms with Gasteiger partial charge in [-0.15, -0.1) is 0 Å². The van der Waals surface area contributed by atoms with Gasteiger partial charge in [0.2, 0.25) is 0 Å². The summed E-state index contributed by atoms with van der Waals surface area (Å²) in [7, 11) is 0. The van der Waals surface area contributed by atoms with E-state index >= 15 is 0 Å². The Morgan fingerprint density at radius 1 is 1.12 bits per heavy atom. The van der Waals surface area contributed by atoms with Crippen molar-refractivity contribution in [1.82, 2.24) is 19.7 Å². The number of hydrogen-bond donors (Lipinski definition) is 1. The predicted octanol–water partition coefficient (Wildman–Crippen LogP) is 3.07. The van der Waals surface area contributed by atoms with Crippen LogP contribution in [0.4, 0.5) is 4.79 Å². The van der Waals surface area contributed by atoms with E-state index in [4.69, 9.17) is 0 Å². The van der Waals surface area contributed by atoms with Gasteiger partial charge in [-0.25, -0.2) is 4.79 Å². The van der Waals surface area contributed by atoms with E-state index in [2.05, 4.69) is 70.4 Å². The Bertz CT molecular complexity index is 741. The van der Waals surface area contributed by atoms with E-state index in [1.807, 2.05) is 4.90 Å². The van der Waals surface area contributed by atoms with Gasteiger partial charge in [-0.3, -0.25) is 4.90 Å². The quantitative estimate of drug-likeness (QED) is 0.922. The standard InChI is InChI=1S/C21H28N4O/c1-17-14-19(9-11-24(17)15-18-6-3-2-4-7-18)22-21(26)25-13-12-23-10-5-8-20(23)16-25/h2-8,10,17,19H,9,11-16H2,1H3,(H,22,26). The molecule has 0 spiro atoms. The molecule has 2 amide bonds. The van der Waals surface area contributed by atoms with Gasteiger partial charge >= 0.3 is 6.03 Å². The summed E-state index contributed by atoms with van der Waals surface area (Å²) in [5, 5.41) is 3.28. The molecule has 2 aliphatic heterocycles. The number of amides is 2. The zero-order valence-corrected chi connectivity index (χ0v) is 15.5. The van der Waals surface area contributed by atoms with Gasteiger partial charge in [0.15, 0.2) is 0 Å². The van der Waals surface area contributed by atoms with E-state index in [9.17, 15) is 4.79 Å². The summed E-state index contributed by atoms with van der Waals surface area (Å²) in [5.41, 5.74) is 2.58. The van der Waals surface area contributed by atoms with Crippen molar-refractivity contribution in [2.45, 2.75) is 51.5 Å². The van der Waals surface area contributed by atoms with Crippen LogP contribution in [0.15, 0.2) is 48.7 Å². The van der Waals surface area contributed by atoms with Crippen molar-refractivity contribution in [3.05, 3.63) is 59.9 Å². The molecule has 4 rings (SSSR count). The number of likely N-dealkylation sites (tertiary alicyclic amines) is 1. The Morgan fingerprint density at radius 3 is 2.77 bits per heavy atom. The fraction of sp³-hybridized carbons (Fsp3) is 0.476. The first-order valence-electron chi connectivity index (χ1n) is 9.66. The summed E-state index contributed by atoms with van der Waals surface area (Å²) >= 11 is 0. The molecule has 5 heteroatoms. The molecule has 0 saturated carbocycles. The maximum atomic E-state index is 12.7. The zero-order valence-electron chi connectivity index (χ0n) is 15.5. The monoisotopic (exact) mass is 352 g/mol. The summed E-state index contributed by atoms with van der Waals surface area (Å²) in [4.78, 5) is 17.1. The van der Waals surface area contributed by atoms with Crippen LogP contribution in [0.5, 0.6) is 0 Å². The van der Waals surface area contributed by atoms with E-state index in [1.165, 1.54) is 11.3 Å². The van der Waals surface area contributed by atoms with E-state index in [0.717, 1.165) is 39.0 Å². The van der Waals surface area contributed by atoms with Gasteiger partial charge in [0.05, 0.1) is 6.54 Å². The molecule has 1 saturated heterocycles. The van der Waals surface area contributed by atoms with Gasteiger partial charge in [-0.1, -0.05) is 30.3 Å². The van der Waals surface area contributed by atoms with Crippen molar-refractivity contribution in [3.63, 3.8) is 0 Å². The molecule has 138 valence electrons. The third-order valence-electron chi connectivity index (χ3n) is 5.74. The number of rotatable bonds is 3. The lowest BCUT2D eigenvalue weighted by Crippen LogP contribution is -2.52. The highest BCUT2D eigenvalue weighted by atomic mass is 16.2. The molecular weight excluding hydrogens is 324 g/mol. The highest BCUT2D eigenvalue weighted by Gasteiger charge is 2.28. The van der Waals surface area contributed by atoms with Crippen molar-refractivity contribution in [2.24, 2.45) is 0 Å². The largest absolute Gasteiger partial charge is 0.348 e. The van der Waals surface area contributed by atoms with Gasteiger partial charge in [-0.05, 0) is 37.5 Å². The summed E-state index contributed by atoms with van der Waals surface area (Å²) in [6.45, 7) is 6.68. The molecule has 0 radical (unpaired) electrons. The summed E-state index contributed by atoms with van der Waals surface area (Å²) in [6, 6.07) is 15.6. The van der Waals surface area contributed by atoms with Crippen molar-refractivity contribution in [2.75, 3.05) is 13.1 Å². The van der Waals surface area contributed by atoms with Gasteiger partial charge < -0.3 is 14.8 Å². The Balaban J connectivity index is 1.28. The molecule has 0 aliphatic carbocycles. The smallest absolute Gasteiger partial charge is 0.318 e. The lowest BCUT2D eigenvalue weighted by atomic mass is 9.97. The second kappa shape index (κ2) is 7.54. The Morgan fingerprint density at radius 2 is 1.96 bits per heavy atom. The van der Waals surface area contributed by atoms with Crippen molar-refractivity contribution in [3.8, 4) is 0 Å². The molecule has 1 N–H and O–H groups in total. The van der Waals surface area contributed by atoms with Crippen LogP contribution in [0.1, 0.15) is 31.0 Å². The maximum Gasteiger partial charge on any atom is 0.318 e.